The molecule has 0 spiro atoms. The number of amides is 1. The third-order valence-corrected chi connectivity index (χ3v) is 4.98. The predicted octanol–water partition coefficient (Wildman–Crippen LogP) is 1.97. The molecule has 4 nitrogen and oxygen atoms in total. The van der Waals surface area contributed by atoms with E-state index in [4.69, 9.17) is 4.74 Å². The van der Waals surface area contributed by atoms with E-state index in [2.05, 4.69) is 10.2 Å². The molecule has 0 aromatic heterocycles. The van der Waals surface area contributed by atoms with E-state index in [1.165, 1.54) is 38.5 Å². The van der Waals surface area contributed by atoms with Gasteiger partial charge in [-0.25, -0.2) is 0 Å². The Hall–Kier alpha value is -0.320. The molecule has 116 valence electrons. The summed E-state index contributed by atoms with van der Waals surface area (Å²) in [5, 5.41) is 3.39. The molecule has 1 N–H and O–H groups in total. The summed E-state index contributed by atoms with van der Waals surface area (Å²) in [4.78, 5) is 14.7. The molecule has 0 radical (unpaired) electrons. The van der Waals surface area contributed by atoms with Crippen molar-refractivity contribution >= 4 is 18.3 Å². The first-order valence-corrected chi connectivity index (χ1v) is 7.95. The SMILES string of the molecule is Cl.O=C(CC1COCCN1)N1CCCC1C1CCCC1. The molecule has 1 aliphatic carbocycles. The van der Waals surface area contributed by atoms with Crippen molar-refractivity contribution in [2.45, 2.75) is 57.0 Å². The van der Waals surface area contributed by atoms with Gasteiger partial charge in [0.1, 0.15) is 0 Å². The largest absolute Gasteiger partial charge is 0.378 e. The van der Waals surface area contributed by atoms with Gasteiger partial charge in [-0.3, -0.25) is 4.79 Å². The summed E-state index contributed by atoms with van der Waals surface area (Å²) in [5.41, 5.74) is 0. The van der Waals surface area contributed by atoms with Gasteiger partial charge in [0.25, 0.3) is 0 Å². The molecule has 1 saturated carbocycles. The van der Waals surface area contributed by atoms with Crippen LogP contribution in [0.1, 0.15) is 44.9 Å². The normalized spacial score (nSPS) is 31.3. The highest BCUT2D eigenvalue weighted by Gasteiger charge is 2.36. The zero-order valence-corrected chi connectivity index (χ0v) is 13.0. The van der Waals surface area contributed by atoms with Gasteiger partial charge >= 0.3 is 0 Å². The fourth-order valence-corrected chi connectivity index (χ4v) is 4.01. The highest BCUT2D eigenvalue weighted by Crippen LogP contribution is 2.35. The van der Waals surface area contributed by atoms with Crippen molar-refractivity contribution in [1.82, 2.24) is 10.2 Å². The second-order valence-corrected chi connectivity index (χ2v) is 6.27. The third-order valence-electron chi connectivity index (χ3n) is 4.98. The van der Waals surface area contributed by atoms with Crippen LogP contribution >= 0.6 is 12.4 Å². The predicted molar refractivity (Wildman–Crippen MR) is 81.2 cm³/mol. The molecule has 2 heterocycles. The van der Waals surface area contributed by atoms with Crippen LogP contribution in [-0.2, 0) is 9.53 Å². The maximum atomic E-state index is 12.5. The van der Waals surface area contributed by atoms with Gasteiger partial charge in [0.15, 0.2) is 0 Å². The smallest absolute Gasteiger partial charge is 0.224 e. The first kappa shape index (κ1) is 16.1. The van der Waals surface area contributed by atoms with Gasteiger partial charge in [-0.2, -0.15) is 0 Å². The molecule has 20 heavy (non-hydrogen) atoms. The summed E-state index contributed by atoms with van der Waals surface area (Å²) in [7, 11) is 0. The van der Waals surface area contributed by atoms with Gasteiger partial charge < -0.3 is 15.0 Å². The Kier molecular flexibility index (Phi) is 6.12. The summed E-state index contributed by atoms with van der Waals surface area (Å²) in [5.74, 6) is 1.12. The van der Waals surface area contributed by atoms with Gasteiger partial charge in [-0.1, -0.05) is 12.8 Å². The van der Waals surface area contributed by atoms with Crippen molar-refractivity contribution in [1.29, 1.82) is 0 Å². The first-order valence-electron chi connectivity index (χ1n) is 7.95. The lowest BCUT2D eigenvalue weighted by Gasteiger charge is -2.31. The van der Waals surface area contributed by atoms with Crippen LogP contribution in [-0.4, -0.2) is 49.2 Å². The van der Waals surface area contributed by atoms with Crippen molar-refractivity contribution in [2.75, 3.05) is 26.3 Å². The summed E-state index contributed by atoms with van der Waals surface area (Å²) in [6.07, 6.45) is 8.43. The summed E-state index contributed by atoms with van der Waals surface area (Å²) in [6.45, 7) is 3.32. The van der Waals surface area contributed by atoms with Crippen LogP contribution in [0, 0.1) is 5.92 Å². The Morgan fingerprint density at radius 1 is 1.20 bits per heavy atom. The summed E-state index contributed by atoms with van der Waals surface area (Å²) in [6, 6.07) is 0.769. The van der Waals surface area contributed by atoms with Crippen molar-refractivity contribution in [2.24, 2.45) is 5.92 Å². The Morgan fingerprint density at radius 2 is 2.00 bits per heavy atom. The van der Waals surface area contributed by atoms with Gasteiger partial charge in [0.2, 0.25) is 5.91 Å². The molecule has 2 aliphatic heterocycles. The molecule has 0 aromatic rings. The first-order chi connectivity index (χ1) is 9.34. The van der Waals surface area contributed by atoms with E-state index in [1.54, 1.807) is 0 Å². The number of hydrogen-bond acceptors (Lipinski definition) is 3. The van der Waals surface area contributed by atoms with E-state index >= 15 is 0 Å². The third kappa shape index (κ3) is 3.66. The molecular weight excluding hydrogens is 276 g/mol. The van der Waals surface area contributed by atoms with Crippen molar-refractivity contribution in [3.63, 3.8) is 0 Å². The molecule has 0 bridgehead atoms. The number of rotatable bonds is 3. The number of hydrogen-bond donors (Lipinski definition) is 1. The number of carbonyl (C=O) groups excluding carboxylic acids is 1. The van der Waals surface area contributed by atoms with E-state index in [0.29, 0.717) is 25.0 Å². The number of halogens is 1. The average Bonchev–Trinajstić information content (AvgIpc) is 3.10. The Morgan fingerprint density at radius 3 is 2.70 bits per heavy atom. The van der Waals surface area contributed by atoms with E-state index in [0.717, 1.165) is 25.6 Å². The van der Waals surface area contributed by atoms with Crippen LogP contribution in [0.5, 0.6) is 0 Å². The molecular formula is C15H27ClN2O2. The molecule has 5 heteroatoms. The minimum Gasteiger partial charge on any atom is -0.378 e. The molecule has 1 amide bonds. The number of nitrogens with zero attached hydrogens (tertiary/aromatic N) is 1. The zero-order valence-electron chi connectivity index (χ0n) is 12.2. The lowest BCUT2D eigenvalue weighted by molar-refractivity contribution is -0.134. The molecule has 2 saturated heterocycles. The Labute approximate surface area is 128 Å². The monoisotopic (exact) mass is 302 g/mol. The number of ether oxygens (including phenoxy) is 1. The number of likely N-dealkylation sites (tertiary alicyclic amines) is 1. The van der Waals surface area contributed by atoms with Crippen LogP contribution in [0.15, 0.2) is 0 Å². The molecule has 3 rings (SSSR count). The van der Waals surface area contributed by atoms with Crippen LogP contribution in [0.25, 0.3) is 0 Å². The topological polar surface area (TPSA) is 41.6 Å². The second kappa shape index (κ2) is 7.62. The van der Waals surface area contributed by atoms with Crippen molar-refractivity contribution < 1.29 is 9.53 Å². The summed E-state index contributed by atoms with van der Waals surface area (Å²) >= 11 is 0. The van der Waals surface area contributed by atoms with Gasteiger partial charge in [0.05, 0.1) is 13.2 Å². The number of morpholine rings is 1. The van der Waals surface area contributed by atoms with Gasteiger partial charge in [0, 0.05) is 31.6 Å². The maximum Gasteiger partial charge on any atom is 0.224 e. The van der Waals surface area contributed by atoms with E-state index < -0.39 is 0 Å². The molecule has 2 atom stereocenters. The fourth-order valence-electron chi connectivity index (χ4n) is 4.01. The fraction of sp³-hybridized carbons (Fsp3) is 0.933. The lowest BCUT2D eigenvalue weighted by Crippen LogP contribution is -2.47. The second-order valence-electron chi connectivity index (χ2n) is 6.27. The highest BCUT2D eigenvalue weighted by molar-refractivity contribution is 5.85. The van der Waals surface area contributed by atoms with Crippen molar-refractivity contribution in [3.05, 3.63) is 0 Å². The number of carbonyl (C=O) groups is 1. The standard InChI is InChI=1S/C15H26N2O2.ClH/c18-15(10-13-11-19-9-7-16-13)17-8-3-6-14(17)12-4-1-2-5-12;/h12-14,16H,1-11H2;1H. The minimum absolute atomic E-state index is 0. The van der Waals surface area contributed by atoms with E-state index in [-0.39, 0.29) is 18.4 Å². The minimum atomic E-state index is 0. The average molecular weight is 303 g/mol. The highest BCUT2D eigenvalue weighted by atomic mass is 35.5. The maximum absolute atomic E-state index is 12.5. The van der Waals surface area contributed by atoms with Crippen LogP contribution in [0.3, 0.4) is 0 Å². The number of nitrogens with one attached hydrogen (secondary N) is 1. The molecule has 0 aromatic carbocycles. The Balaban J connectivity index is 0.00000147. The zero-order chi connectivity index (χ0) is 13.1. The van der Waals surface area contributed by atoms with Crippen LogP contribution in [0.2, 0.25) is 0 Å². The Bertz CT molecular complexity index is 315. The molecule has 3 aliphatic rings. The van der Waals surface area contributed by atoms with Crippen LogP contribution < -0.4 is 5.32 Å². The van der Waals surface area contributed by atoms with Gasteiger partial charge in [-0.15, -0.1) is 12.4 Å². The summed E-state index contributed by atoms with van der Waals surface area (Å²) < 4.78 is 5.44. The van der Waals surface area contributed by atoms with E-state index in [1.807, 2.05) is 0 Å². The van der Waals surface area contributed by atoms with Gasteiger partial charge in [-0.05, 0) is 31.6 Å². The molecule has 3 fully saturated rings. The van der Waals surface area contributed by atoms with Crippen molar-refractivity contribution in [3.8, 4) is 0 Å². The quantitative estimate of drug-likeness (QED) is 0.866. The van der Waals surface area contributed by atoms with Crippen LogP contribution in [0.4, 0.5) is 0 Å². The van der Waals surface area contributed by atoms with E-state index in [9.17, 15) is 4.79 Å². The molecule has 2 unspecified atom stereocenters. The lowest BCUT2D eigenvalue weighted by atomic mass is 9.95.